The molecule has 0 atom stereocenters. The molecule has 0 saturated carbocycles. The largest absolute Gasteiger partial charge is 0.391 e. The van der Waals surface area contributed by atoms with E-state index < -0.39 is 4.92 Å². The molecule has 0 N–H and O–H groups in total. The SMILES string of the molecule is Cc1ccc(Sc2ccc(/C=N/OCc3c(Cl)cccc3Cl)cc2[N+](=O)[O-])cc1. The fourth-order valence-electron chi connectivity index (χ4n) is 2.45. The third-order valence-corrected chi connectivity index (χ3v) is 5.76. The third-order valence-electron chi connectivity index (χ3n) is 3.98. The molecule has 0 spiro atoms. The summed E-state index contributed by atoms with van der Waals surface area (Å²) in [5.41, 5.74) is 2.32. The molecule has 0 aromatic heterocycles. The zero-order valence-electron chi connectivity index (χ0n) is 15.3. The topological polar surface area (TPSA) is 64.7 Å². The summed E-state index contributed by atoms with van der Waals surface area (Å²) in [6, 6.07) is 17.9. The van der Waals surface area contributed by atoms with E-state index in [-0.39, 0.29) is 12.3 Å². The maximum absolute atomic E-state index is 11.5. The van der Waals surface area contributed by atoms with Gasteiger partial charge in [0.1, 0.15) is 6.61 Å². The average Bonchev–Trinajstić information content (AvgIpc) is 2.69. The lowest BCUT2D eigenvalue weighted by atomic mass is 10.2. The molecule has 0 heterocycles. The molecule has 0 aliphatic rings. The summed E-state index contributed by atoms with van der Waals surface area (Å²) in [6.07, 6.45) is 1.41. The fourth-order valence-corrected chi connectivity index (χ4v) is 3.85. The van der Waals surface area contributed by atoms with Gasteiger partial charge in [0.15, 0.2) is 0 Å². The maximum Gasteiger partial charge on any atom is 0.283 e. The number of nitrogens with zero attached hydrogens (tertiary/aromatic N) is 2. The molecule has 8 heteroatoms. The first-order valence-corrected chi connectivity index (χ1v) is 10.1. The summed E-state index contributed by atoms with van der Waals surface area (Å²) < 4.78 is 0. The lowest BCUT2D eigenvalue weighted by molar-refractivity contribution is -0.387. The number of oxime groups is 1. The van der Waals surface area contributed by atoms with E-state index in [0.29, 0.717) is 26.1 Å². The van der Waals surface area contributed by atoms with Gasteiger partial charge in [0.05, 0.1) is 16.0 Å². The second kappa shape index (κ2) is 9.78. The molecule has 148 valence electrons. The number of benzene rings is 3. The number of nitro groups is 1. The maximum atomic E-state index is 11.5. The molecule has 0 amide bonds. The van der Waals surface area contributed by atoms with E-state index in [1.807, 2.05) is 31.2 Å². The van der Waals surface area contributed by atoms with Crippen LogP contribution in [0.25, 0.3) is 0 Å². The quantitative estimate of drug-likeness (QED) is 0.224. The highest BCUT2D eigenvalue weighted by Crippen LogP contribution is 2.35. The van der Waals surface area contributed by atoms with Crippen LogP contribution in [0.15, 0.2) is 75.6 Å². The van der Waals surface area contributed by atoms with Gasteiger partial charge in [-0.1, -0.05) is 69.9 Å². The predicted octanol–water partition coefficient (Wildman–Crippen LogP) is 6.91. The average molecular weight is 447 g/mol. The highest BCUT2D eigenvalue weighted by atomic mass is 35.5. The van der Waals surface area contributed by atoms with Crippen molar-refractivity contribution in [2.75, 3.05) is 0 Å². The molecule has 0 aliphatic carbocycles. The predicted molar refractivity (Wildman–Crippen MR) is 117 cm³/mol. The van der Waals surface area contributed by atoms with Crippen LogP contribution in [0.1, 0.15) is 16.7 Å². The summed E-state index contributed by atoms with van der Waals surface area (Å²) in [7, 11) is 0. The third kappa shape index (κ3) is 5.73. The molecular formula is C21H16Cl2N2O3S. The van der Waals surface area contributed by atoms with Crippen molar-refractivity contribution in [2.45, 2.75) is 23.3 Å². The van der Waals surface area contributed by atoms with Crippen molar-refractivity contribution in [2.24, 2.45) is 5.16 Å². The van der Waals surface area contributed by atoms with E-state index in [1.165, 1.54) is 24.0 Å². The molecule has 3 rings (SSSR count). The number of hydrogen-bond donors (Lipinski definition) is 0. The fraction of sp³-hybridized carbons (Fsp3) is 0.0952. The van der Waals surface area contributed by atoms with Gasteiger partial charge in [-0.05, 0) is 37.3 Å². The molecule has 29 heavy (non-hydrogen) atoms. The molecule has 0 fully saturated rings. The Morgan fingerprint density at radius 1 is 1.10 bits per heavy atom. The number of aryl methyl sites for hydroxylation is 1. The Morgan fingerprint density at radius 3 is 2.45 bits per heavy atom. The number of rotatable bonds is 7. The van der Waals surface area contributed by atoms with Crippen LogP contribution < -0.4 is 0 Å². The summed E-state index contributed by atoms with van der Waals surface area (Å²) >= 11 is 13.5. The van der Waals surface area contributed by atoms with E-state index >= 15 is 0 Å². The van der Waals surface area contributed by atoms with Gasteiger partial charge in [0.25, 0.3) is 5.69 Å². The van der Waals surface area contributed by atoms with Crippen LogP contribution in [0.4, 0.5) is 5.69 Å². The van der Waals surface area contributed by atoms with Gasteiger partial charge in [-0.25, -0.2) is 0 Å². The molecule has 0 saturated heterocycles. The normalized spacial score (nSPS) is 11.0. The molecule has 3 aromatic rings. The van der Waals surface area contributed by atoms with Crippen molar-refractivity contribution in [3.05, 3.63) is 97.5 Å². The van der Waals surface area contributed by atoms with Crippen LogP contribution in [-0.4, -0.2) is 11.1 Å². The molecule has 0 bridgehead atoms. The van der Waals surface area contributed by atoms with E-state index in [2.05, 4.69) is 5.16 Å². The van der Waals surface area contributed by atoms with Crippen molar-refractivity contribution in [1.82, 2.24) is 0 Å². The monoisotopic (exact) mass is 446 g/mol. The van der Waals surface area contributed by atoms with Crippen LogP contribution >= 0.6 is 35.0 Å². The minimum absolute atomic E-state index is 0.00803. The second-order valence-corrected chi connectivity index (χ2v) is 8.04. The van der Waals surface area contributed by atoms with Crippen LogP contribution in [0.3, 0.4) is 0 Å². The highest BCUT2D eigenvalue weighted by Gasteiger charge is 2.15. The Labute approximate surface area is 182 Å². The van der Waals surface area contributed by atoms with Crippen LogP contribution in [0.2, 0.25) is 10.0 Å². The lowest BCUT2D eigenvalue weighted by Crippen LogP contribution is -1.94. The van der Waals surface area contributed by atoms with Crippen LogP contribution in [0, 0.1) is 17.0 Å². The summed E-state index contributed by atoms with van der Waals surface area (Å²) in [6.45, 7) is 2.09. The Kier molecular flexibility index (Phi) is 7.14. The van der Waals surface area contributed by atoms with Crippen molar-refractivity contribution in [1.29, 1.82) is 0 Å². The van der Waals surface area contributed by atoms with E-state index in [4.69, 9.17) is 28.0 Å². The molecule has 0 aliphatic heterocycles. The van der Waals surface area contributed by atoms with Crippen molar-refractivity contribution in [3.8, 4) is 0 Å². The highest BCUT2D eigenvalue weighted by molar-refractivity contribution is 7.99. The molecule has 5 nitrogen and oxygen atoms in total. The minimum Gasteiger partial charge on any atom is -0.391 e. The van der Waals surface area contributed by atoms with Gasteiger partial charge in [-0.3, -0.25) is 10.1 Å². The first kappa shape index (κ1) is 21.2. The molecular weight excluding hydrogens is 431 g/mol. The van der Waals surface area contributed by atoms with Crippen molar-refractivity contribution >= 4 is 46.9 Å². The summed E-state index contributed by atoms with van der Waals surface area (Å²) in [5.74, 6) is 0. The summed E-state index contributed by atoms with van der Waals surface area (Å²) in [4.78, 5) is 17.8. The first-order chi connectivity index (χ1) is 13.9. The lowest BCUT2D eigenvalue weighted by Gasteiger charge is -2.06. The van der Waals surface area contributed by atoms with E-state index in [1.54, 1.807) is 30.3 Å². The van der Waals surface area contributed by atoms with E-state index in [0.717, 1.165) is 10.5 Å². The Hall–Kier alpha value is -2.54. The second-order valence-electron chi connectivity index (χ2n) is 6.11. The smallest absolute Gasteiger partial charge is 0.283 e. The van der Waals surface area contributed by atoms with Crippen LogP contribution in [0.5, 0.6) is 0 Å². The molecule has 3 aromatic carbocycles. The van der Waals surface area contributed by atoms with Gasteiger partial charge in [0.2, 0.25) is 0 Å². The van der Waals surface area contributed by atoms with Gasteiger partial charge in [0, 0.05) is 32.1 Å². The van der Waals surface area contributed by atoms with Crippen molar-refractivity contribution < 1.29 is 9.76 Å². The zero-order valence-corrected chi connectivity index (χ0v) is 17.7. The van der Waals surface area contributed by atoms with Gasteiger partial charge < -0.3 is 4.84 Å². The number of hydrogen-bond acceptors (Lipinski definition) is 5. The summed E-state index contributed by atoms with van der Waals surface area (Å²) in [5, 5.41) is 16.3. The Balaban J connectivity index is 1.71. The zero-order chi connectivity index (χ0) is 20.8. The standard InChI is InChI=1S/C21H16Cl2N2O3S/c1-14-5-8-16(9-6-14)29-21-10-7-15(11-20(21)25(26)27)12-24-28-13-17-18(22)3-2-4-19(17)23/h2-12H,13H2,1H3/b24-12+. The Bertz CT molecular complexity index is 1040. The molecule has 0 unspecified atom stereocenters. The van der Waals surface area contributed by atoms with E-state index in [9.17, 15) is 10.1 Å². The van der Waals surface area contributed by atoms with Gasteiger partial charge in [-0.2, -0.15) is 0 Å². The van der Waals surface area contributed by atoms with Crippen LogP contribution in [-0.2, 0) is 11.4 Å². The van der Waals surface area contributed by atoms with Gasteiger partial charge in [-0.15, -0.1) is 0 Å². The number of halogens is 2. The molecule has 0 radical (unpaired) electrons. The van der Waals surface area contributed by atoms with Gasteiger partial charge >= 0.3 is 0 Å². The number of nitro benzene ring substituents is 1. The Morgan fingerprint density at radius 2 is 1.79 bits per heavy atom. The van der Waals surface area contributed by atoms with Crippen molar-refractivity contribution in [3.63, 3.8) is 0 Å². The minimum atomic E-state index is -0.405. The first-order valence-electron chi connectivity index (χ1n) is 8.55.